The van der Waals surface area contributed by atoms with Crippen molar-refractivity contribution in [1.29, 1.82) is 0 Å². The number of para-hydroxylation sites is 1. The Labute approximate surface area is 159 Å². The fourth-order valence-electron chi connectivity index (χ4n) is 2.65. The van der Waals surface area contributed by atoms with E-state index < -0.39 is 0 Å². The lowest BCUT2D eigenvalue weighted by molar-refractivity contribution is -0.106. The quantitative estimate of drug-likeness (QED) is 0.656. The molecule has 1 heterocycles. The molecule has 5 nitrogen and oxygen atoms in total. The number of hydrogen-bond acceptors (Lipinski definition) is 5. The zero-order valence-corrected chi connectivity index (χ0v) is 16.2. The summed E-state index contributed by atoms with van der Waals surface area (Å²) in [4.78, 5) is 13.4. The molecule has 0 unspecified atom stereocenters. The van der Waals surface area contributed by atoms with Gasteiger partial charge >= 0.3 is 0 Å². The summed E-state index contributed by atoms with van der Waals surface area (Å²) in [5, 5.41) is 9.89. The molecule has 0 bridgehead atoms. The molecule has 0 amide bonds. The Kier molecular flexibility index (Phi) is 7.17. The molecule has 1 N–H and O–H groups in total. The number of phenols is 1. The SMILES string of the molecule is CC=O.Cc1cc(-c2nc(CCOc3ccccc3)c(C)o2)cc(C)c1O. The van der Waals surface area contributed by atoms with Crippen molar-refractivity contribution in [2.75, 3.05) is 6.61 Å². The second-order valence-electron chi connectivity index (χ2n) is 6.13. The summed E-state index contributed by atoms with van der Waals surface area (Å²) in [5.41, 5.74) is 3.40. The van der Waals surface area contributed by atoms with Crippen molar-refractivity contribution >= 4 is 6.29 Å². The number of phenolic OH excluding ortho intramolecular Hbond substituents is 1. The van der Waals surface area contributed by atoms with Gasteiger partial charge in [0.05, 0.1) is 12.3 Å². The molecule has 0 aliphatic rings. The van der Waals surface area contributed by atoms with E-state index in [0.717, 1.165) is 40.2 Å². The van der Waals surface area contributed by atoms with Crippen molar-refractivity contribution in [3.63, 3.8) is 0 Å². The molecule has 0 saturated carbocycles. The average Bonchev–Trinajstić information content (AvgIpc) is 3.02. The van der Waals surface area contributed by atoms with E-state index in [1.54, 1.807) is 0 Å². The van der Waals surface area contributed by atoms with Crippen LogP contribution < -0.4 is 4.74 Å². The molecule has 0 spiro atoms. The van der Waals surface area contributed by atoms with Gasteiger partial charge in [-0.1, -0.05) is 18.2 Å². The van der Waals surface area contributed by atoms with Crippen LogP contribution in [0.2, 0.25) is 0 Å². The number of carbonyl (C=O) groups is 1. The Balaban J connectivity index is 0.000000817. The smallest absolute Gasteiger partial charge is 0.226 e. The van der Waals surface area contributed by atoms with E-state index in [1.165, 1.54) is 6.92 Å². The Morgan fingerprint density at radius 2 is 1.70 bits per heavy atom. The zero-order valence-electron chi connectivity index (χ0n) is 16.2. The first-order chi connectivity index (χ1) is 13.0. The normalized spacial score (nSPS) is 10.1. The van der Waals surface area contributed by atoms with Crippen LogP contribution in [0.4, 0.5) is 0 Å². The van der Waals surface area contributed by atoms with Crippen LogP contribution in [0, 0.1) is 20.8 Å². The van der Waals surface area contributed by atoms with E-state index in [-0.39, 0.29) is 0 Å². The topological polar surface area (TPSA) is 72.6 Å². The largest absolute Gasteiger partial charge is 0.507 e. The number of aromatic hydroxyl groups is 1. The lowest BCUT2D eigenvalue weighted by Crippen LogP contribution is -2.02. The molecule has 3 rings (SSSR count). The Hall–Kier alpha value is -3.08. The minimum atomic E-state index is 0.318. The summed E-state index contributed by atoms with van der Waals surface area (Å²) in [6.07, 6.45) is 1.43. The molecule has 0 radical (unpaired) electrons. The molecular weight excluding hydrogens is 342 g/mol. The van der Waals surface area contributed by atoms with Crippen molar-refractivity contribution in [1.82, 2.24) is 4.98 Å². The van der Waals surface area contributed by atoms with Gasteiger partial charge in [0.2, 0.25) is 5.89 Å². The van der Waals surface area contributed by atoms with Crippen LogP contribution in [0.25, 0.3) is 11.5 Å². The van der Waals surface area contributed by atoms with Crippen molar-refractivity contribution in [2.45, 2.75) is 34.1 Å². The van der Waals surface area contributed by atoms with E-state index >= 15 is 0 Å². The maximum Gasteiger partial charge on any atom is 0.226 e. The summed E-state index contributed by atoms with van der Waals surface area (Å²) < 4.78 is 11.5. The van der Waals surface area contributed by atoms with Crippen LogP contribution in [0.3, 0.4) is 0 Å². The van der Waals surface area contributed by atoms with Gasteiger partial charge in [-0.25, -0.2) is 4.98 Å². The molecule has 5 heteroatoms. The van der Waals surface area contributed by atoms with E-state index in [4.69, 9.17) is 13.9 Å². The van der Waals surface area contributed by atoms with Gasteiger partial charge in [0, 0.05) is 12.0 Å². The number of benzene rings is 2. The van der Waals surface area contributed by atoms with Gasteiger partial charge in [-0.3, -0.25) is 0 Å². The highest BCUT2D eigenvalue weighted by Gasteiger charge is 2.14. The number of ether oxygens (including phenoxy) is 1. The first-order valence-corrected chi connectivity index (χ1v) is 8.80. The number of aromatic nitrogens is 1. The summed E-state index contributed by atoms with van der Waals surface area (Å²) in [7, 11) is 0. The fourth-order valence-corrected chi connectivity index (χ4v) is 2.65. The molecule has 0 saturated heterocycles. The number of oxazole rings is 1. The first-order valence-electron chi connectivity index (χ1n) is 8.80. The minimum Gasteiger partial charge on any atom is -0.507 e. The molecule has 1 aromatic heterocycles. The van der Waals surface area contributed by atoms with Gasteiger partial charge in [-0.15, -0.1) is 0 Å². The fraction of sp³-hybridized carbons (Fsp3) is 0.273. The van der Waals surface area contributed by atoms with Gasteiger partial charge in [0.25, 0.3) is 0 Å². The first kappa shape index (κ1) is 20.2. The zero-order chi connectivity index (χ0) is 19.8. The van der Waals surface area contributed by atoms with Crippen LogP contribution in [0.15, 0.2) is 46.9 Å². The van der Waals surface area contributed by atoms with E-state index in [1.807, 2.05) is 63.2 Å². The molecule has 0 aliphatic carbocycles. The van der Waals surface area contributed by atoms with Crippen LogP contribution >= 0.6 is 0 Å². The third kappa shape index (κ3) is 5.45. The van der Waals surface area contributed by atoms with Crippen LogP contribution in [0.5, 0.6) is 11.5 Å². The van der Waals surface area contributed by atoms with Crippen molar-refractivity contribution < 1.29 is 19.1 Å². The maximum atomic E-state index is 9.89. The molecule has 2 aromatic carbocycles. The highest BCUT2D eigenvalue weighted by atomic mass is 16.5. The standard InChI is InChI=1S/C20H21NO3.C2H4O/c1-13-11-16(12-14(2)19(13)22)20-21-18(15(3)24-20)9-10-23-17-7-5-4-6-8-17;1-2-3/h4-8,11-12,22H,9-10H2,1-3H3;2H,1H3. The lowest BCUT2D eigenvalue weighted by Gasteiger charge is -2.05. The second-order valence-corrected chi connectivity index (χ2v) is 6.13. The molecule has 0 aliphatic heterocycles. The number of hydrogen-bond donors (Lipinski definition) is 1. The van der Waals surface area contributed by atoms with Gasteiger partial charge in [0.1, 0.15) is 23.5 Å². The van der Waals surface area contributed by atoms with Crippen LogP contribution in [0.1, 0.15) is 29.5 Å². The van der Waals surface area contributed by atoms with Crippen LogP contribution in [-0.2, 0) is 11.2 Å². The second kappa shape index (κ2) is 9.57. The Morgan fingerprint density at radius 3 is 2.30 bits per heavy atom. The van der Waals surface area contributed by atoms with Gasteiger partial charge < -0.3 is 19.1 Å². The summed E-state index contributed by atoms with van der Waals surface area (Å²) in [6.45, 7) is 7.64. The van der Waals surface area contributed by atoms with Gasteiger partial charge in [-0.2, -0.15) is 0 Å². The summed E-state index contributed by atoms with van der Waals surface area (Å²) in [6, 6.07) is 13.5. The molecule has 142 valence electrons. The molecule has 27 heavy (non-hydrogen) atoms. The highest BCUT2D eigenvalue weighted by molar-refractivity contribution is 5.60. The minimum absolute atomic E-state index is 0.318. The van der Waals surface area contributed by atoms with Crippen LogP contribution in [-0.4, -0.2) is 23.0 Å². The third-order valence-corrected chi connectivity index (χ3v) is 3.98. The number of nitrogens with zero attached hydrogens (tertiary/aromatic N) is 1. The lowest BCUT2D eigenvalue weighted by atomic mass is 10.1. The van der Waals surface area contributed by atoms with Gasteiger partial charge in [0.15, 0.2) is 0 Å². The number of rotatable bonds is 5. The predicted molar refractivity (Wildman–Crippen MR) is 105 cm³/mol. The Bertz CT molecular complexity index is 862. The van der Waals surface area contributed by atoms with Crippen molar-refractivity contribution in [2.24, 2.45) is 0 Å². The predicted octanol–water partition coefficient (Wildman–Crippen LogP) is 4.80. The summed E-state index contributed by atoms with van der Waals surface area (Å²) in [5.74, 6) is 2.54. The average molecular weight is 367 g/mol. The molecule has 0 fully saturated rings. The number of aldehydes is 1. The van der Waals surface area contributed by atoms with E-state index in [0.29, 0.717) is 24.7 Å². The molecule has 3 aromatic rings. The molecule has 0 atom stereocenters. The Morgan fingerprint density at radius 1 is 1.11 bits per heavy atom. The van der Waals surface area contributed by atoms with Crippen molar-refractivity contribution in [3.8, 4) is 23.0 Å². The third-order valence-electron chi connectivity index (χ3n) is 3.98. The summed E-state index contributed by atoms with van der Waals surface area (Å²) >= 11 is 0. The van der Waals surface area contributed by atoms with Gasteiger partial charge in [-0.05, 0) is 63.1 Å². The number of carbonyl (C=O) groups excluding carboxylic acids is 1. The monoisotopic (exact) mass is 367 g/mol. The van der Waals surface area contributed by atoms with E-state index in [9.17, 15) is 5.11 Å². The maximum absolute atomic E-state index is 9.89. The molecular formula is C22H25NO4. The van der Waals surface area contributed by atoms with Crippen molar-refractivity contribution in [3.05, 3.63) is 65.0 Å². The number of aryl methyl sites for hydroxylation is 3. The highest BCUT2D eigenvalue weighted by Crippen LogP contribution is 2.29. The van der Waals surface area contributed by atoms with E-state index in [2.05, 4.69) is 4.98 Å².